The summed E-state index contributed by atoms with van der Waals surface area (Å²) in [6.07, 6.45) is -2.16. The van der Waals surface area contributed by atoms with Crippen molar-refractivity contribution in [3.8, 4) is 20.5 Å². The molecule has 2 heterocycles. The summed E-state index contributed by atoms with van der Waals surface area (Å²) in [7, 11) is 2.08. The van der Waals surface area contributed by atoms with Gasteiger partial charge in [0.15, 0.2) is 0 Å². The Morgan fingerprint density at radius 1 is 0.872 bits per heavy atom. The molecule has 2 nitrogen and oxygen atoms in total. The van der Waals surface area contributed by atoms with E-state index < -0.39 is 32.0 Å². The van der Waals surface area contributed by atoms with E-state index in [0.29, 0.717) is 5.56 Å². The van der Waals surface area contributed by atoms with Gasteiger partial charge in [0.25, 0.3) is 0 Å². The predicted molar refractivity (Wildman–Crippen MR) is 155 cm³/mol. The second-order valence-corrected chi connectivity index (χ2v) is 15.1. The average Bonchev–Trinajstić information content (AvgIpc) is 3.28. The molecule has 0 atom stereocenters. The van der Waals surface area contributed by atoms with E-state index in [1.807, 2.05) is 24.3 Å². The van der Waals surface area contributed by atoms with Crippen molar-refractivity contribution in [1.82, 2.24) is 4.98 Å². The summed E-state index contributed by atoms with van der Waals surface area (Å²) < 4.78 is 44.7. The fourth-order valence-electron chi connectivity index (χ4n) is 5.24. The van der Waals surface area contributed by atoms with Gasteiger partial charge >= 0.3 is 239 Å². The molecule has 0 unspecified atom stereocenters. The molecule has 39 heavy (non-hydrogen) atoms. The van der Waals surface area contributed by atoms with Gasteiger partial charge in [-0.3, -0.25) is 0 Å². The number of aromatic nitrogens is 2. The zero-order chi connectivity index (χ0) is 28.3. The first-order valence-electron chi connectivity index (χ1n) is 13.2. The van der Waals surface area contributed by atoms with Crippen molar-refractivity contribution in [2.24, 2.45) is 12.5 Å². The Labute approximate surface area is 238 Å². The third-order valence-corrected chi connectivity index (χ3v) is 10.7. The van der Waals surface area contributed by atoms with Gasteiger partial charge in [0.2, 0.25) is 0 Å². The molecular weight excluding hydrogens is 609 g/mol. The Morgan fingerprint density at radius 2 is 1.51 bits per heavy atom. The molecule has 0 aliphatic heterocycles. The number of rotatable bonds is 4. The molecule has 0 fully saturated rings. The molecule has 6 heteroatoms. The molecule has 0 spiro atoms. The second kappa shape index (κ2) is 9.75. The van der Waals surface area contributed by atoms with Crippen LogP contribution in [0.15, 0.2) is 66.9 Å². The molecule has 0 radical (unpaired) electrons. The van der Waals surface area contributed by atoms with Crippen LogP contribution >= 0.6 is 0 Å². The van der Waals surface area contributed by atoms with Crippen molar-refractivity contribution in [1.29, 1.82) is 0 Å². The van der Waals surface area contributed by atoms with Gasteiger partial charge in [-0.2, -0.15) is 0 Å². The Bertz CT molecular complexity index is 1690. The van der Waals surface area contributed by atoms with Gasteiger partial charge in [0.1, 0.15) is 0 Å². The number of pyridine rings is 1. The van der Waals surface area contributed by atoms with Crippen molar-refractivity contribution in [2.75, 3.05) is 0 Å². The van der Waals surface area contributed by atoms with Gasteiger partial charge in [-0.05, 0) is 0 Å². The fraction of sp³-hybridized carbons (Fsp3) is 0.333. The van der Waals surface area contributed by atoms with Crippen LogP contribution in [0.25, 0.3) is 40.2 Å². The number of aryl methyl sites for hydroxylation is 2. The topological polar surface area (TPSA) is 16.8 Å². The van der Waals surface area contributed by atoms with Gasteiger partial charge in [0, 0.05) is 0 Å². The average molecular weight is 643 g/mol. The first-order valence-corrected chi connectivity index (χ1v) is 15.5. The van der Waals surface area contributed by atoms with Crippen LogP contribution in [0.2, 0.25) is 0 Å². The molecule has 5 aromatic rings. The molecule has 0 saturated carbocycles. The minimum absolute atomic E-state index is 0.0242. The Hall–Kier alpha value is -2.68. The summed E-state index contributed by atoms with van der Waals surface area (Å²) in [6.45, 7) is 11.5. The zero-order valence-corrected chi connectivity index (χ0v) is 25.8. The van der Waals surface area contributed by atoms with Crippen molar-refractivity contribution < 1.29 is 17.7 Å². The van der Waals surface area contributed by atoms with Gasteiger partial charge in [-0.25, -0.2) is 0 Å². The number of halogens is 3. The summed E-state index contributed by atoms with van der Waals surface area (Å²) in [4.78, 5) is 5.19. The number of benzene rings is 3. The molecule has 0 aliphatic carbocycles. The van der Waals surface area contributed by atoms with Crippen LogP contribution in [0.1, 0.15) is 51.3 Å². The van der Waals surface area contributed by atoms with Crippen molar-refractivity contribution in [3.05, 3.63) is 83.6 Å². The fourth-order valence-corrected chi connectivity index (χ4v) is 8.00. The third kappa shape index (κ3) is 5.14. The van der Waals surface area contributed by atoms with Gasteiger partial charge in [-0.1, -0.05) is 0 Å². The molecule has 5 rings (SSSR count). The number of hydrogen-bond donors (Lipinski definition) is 0. The summed E-state index contributed by atoms with van der Waals surface area (Å²) in [5.74, 6) is 0. The van der Waals surface area contributed by atoms with E-state index in [9.17, 15) is 13.2 Å². The van der Waals surface area contributed by atoms with E-state index in [-0.39, 0.29) is 11.8 Å². The first-order chi connectivity index (χ1) is 18.2. The van der Waals surface area contributed by atoms with Crippen molar-refractivity contribution in [2.45, 2.75) is 59.6 Å². The Kier molecular flexibility index (Phi) is 6.97. The van der Waals surface area contributed by atoms with Gasteiger partial charge in [-0.15, -0.1) is 0 Å². The number of hydrogen-bond acceptors (Lipinski definition) is 1. The Balaban J connectivity index is 1.62. The van der Waals surface area contributed by atoms with Crippen molar-refractivity contribution in [3.63, 3.8) is 0 Å². The number of alkyl halides is 3. The summed E-state index contributed by atoms with van der Waals surface area (Å²) in [5, 5.41) is 2.54. The quantitative estimate of drug-likeness (QED) is 0.142. The maximum absolute atomic E-state index is 13.4. The Morgan fingerprint density at radius 3 is 2.13 bits per heavy atom. The number of nitrogens with zero attached hydrogens (tertiary/aromatic N) is 2. The van der Waals surface area contributed by atoms with Crippen LogP contribution in [-0.2, 0) is 18.9 Å². The van der Waals surface area contributed by atoms with E-state index in [1.165, 1.54) is 44.7 Å². The van der Waals surface area contributed by atoms with Crippen LogP contribution in [0.3, 0.4) is 0 Å². The van der Waals surface area contributed by atoms with Crippen molar-refractivity contribution >= 4 is 40.1 Å². The summed E-state index contributed by atoms with van der Waals surface area (Å²) >= 11 is -0.739. The summed E-state index contributed by atoms with van der Waals surface area (Å²) in [6, 6.07) is 20.7. The van der Waals surface area contributed by atoms with E-state index >= 15 is 0 Å². The van der Waals surface area contributed by atoms with E-state index in [0.717, 1.165) is 20.5 Å². The maximum atomic E-state index is 13.4. The molecule has 0 amide bonds. The van der Waals surface area contributed by atoms with E-state index in [1.54, 1.807) is 0 Å². The summed E-state index contributed by atoms with van der Waals surface area (Å²) in [5.41, 5.74) is 5.78. The monoisotopic (exact) mass is 645 g/mol. The standard InChI is InChI=1S/C33H34F3N2Te/c1-20-23-10-8-9-11-24(23)26(31(2,3)4)18-25(20)29-28-27(16-17-38(29)7)39-30(37-28)22-14-12-21(13-15-22)19-32(5,6)33(34,35)36/h8-18H,19H2,1-7H3/q+1. The molecular formula is C33H34F3N2Te+. The second-order valence-electron chi connectivity index (χ2n) is 12.2. The molecule has 3 aromatic carbocycles. The number of fused-ring (bicyclic) bond motifs is 2. The molecule has 0 N–H and O–H groups in total. The first kappa shape index (κ1) is 27.9. The van der Waals surface area contributed by atoms with Crippen LogP contribution in [0.4, 0.5) is 13.2 Å². The van der Waals surface area contributed by atoms with Crippen LogP contribution in [-0.4, -0.2) is 31.6 Å². The molecule has 202 valence electrons. The van der Waals surface area contributed by atoms with Crippen LogP contribution in [0.5, 0.6) is 0 Å². The molecule has 0 bridgehead atoms. The molecule has 0 aliphatic rings. The molecule has 0 saturated heterocycles. The van der Waals surface area contributed by atoms with Gasteiger partial charge < -0.3 is 0 Å². The minimum atomic E-state index is -4.24. The van der Waals surface area contributed by atoms with Gasteiger partial charge in [0.05, 0.1) is 0 Å². The van der Waals surface area contributed by atoms with E-state index in [4.69, 9.17) is 4.98 Å². The third-order valence-electron chi connectivity index (χ3n) is 7.67. The van der Waals surface area contributed by atoms with E-state index in [2.05, 4.69) is 81.9 Å². The molecule has 2 aromatic heterocycles. The van der Waals surface area contributed by atoms with Crippen LogP contribution in [0, 0.1) is 12.3 Å². The normalized spacial score (nSPS) is 13.0. The SMILES string of the molecule is Cc1c(-c2c3nc(-c4ccc(CC(C)(C)C(F)(F)F)cc4)[te]c3cc[n+]2C)cc(C(C)(C)C)c2ccccc12. The van der Waals surface area contributed by atoms with Crippen LogP contribution < -0.4 is 4.57 Å². The zero-order valence-electron chi connectivity index (χ0n) is 23.5. The predicted octanol–water partition coefficient (Wildman–Crippen LogP) is 8.34.